The Labute approximate surface area is 248 Å². The first-order chi connectivity index (χ1) is 19.3. The van der Waals surface area contributed by atoms with Crippen LogP contribution >= 0.6 is 35.0 Å². The highest BCUT2D eigenvalue weighted by molar-refractivity contribution is 7.99. The Hall–Kier alpha value is -3.07. The maximum atomic E-state index is 13.8. The molecule has 0 unspecified atom stereocenters. The van der Waals surface area contributed by atoms with Gasteiger partial charge in [-0.2, -0.15) is 0 Å². The minimum Gasteiger partial charge on any atom is -0.352 e. The number of nitro groups is 1. The molecule has 3 aromatic carbocycles. The summed E-state index contributed by atoms with van der Waals surface area (Å²) in [6.07, 6.45) is 4.42. The number of hydrogen-bond donors (Lipinski definition) is 1. The lowest BCUT2D eigenvalue weighted by molar-refractivity contribution is -0.384. The second kappa shape index (κ2) is 14.5. The van der Waals surface area contributed by atoms with Crippen LogP contribution in [-0.4, -0.2) is 39.5 Å². The molecule has 1 aliphatic rings. The molecule has 10 heteroatoms. The molecule has 0 aliphatic heterocycles. The molecule has 4 rings (SSSR count). The van der Waals surface area contributed by atoms with E-state index in [0.717, 1.165) is 42.4 Å². The van der Waals surface area contributed by atoms with Gasteiger partial charge in [0, 0.05) is 36.9 Å². The molecule has 0 spiro atoms. The van der Waals surface area contributed by atoms with Gasteiger partial charge in [-0.15, -0.1) is 11.8 Å². The third-order valence-electron chi connectivity index (χ3n) is 6.95. The summed E-state index contributed by atoms with van der Waals surface area (Å²) in [6, 6.07) is 20.6. The van der Waals surface area contributed by atoms with Gasteiger partial charge in [0.05, 0.1) is 20.7 Å². The maximum absolute atomic E-state index is 13.8. The molecule has 1 N–H and O–H groups in total. The molecule has 210 valence electrons. The van der Waals surface area contributed by atoms with Gasteiger partial charge in [0.1, 0.15) is 6.04 Å². The van der Waals surface area contributed by atoms with Crippen LogP contribution in [0.1, 0.15) is 42.4 Å². The lowest BCUT2D eigenvalue weighted by Gasteiger charge is -2.32. The highest BCUT2D eigenvalue weighted by atomic mass is 35.5. The van der Waals surface area contributed by atoms with Crippen LogP contribution in [-0.2, 0) is 28.3 Å². The summed E-state index contributed by atoms with van der Waals surface area (Å²) in [5.74, 6) is 0.299. The summed E-state index contributed by atoms with van der Waals surface area (Å²) in [4.78, 5) is 39.7. The van der Waals surface area contributed by atoms with Gasteiger partial charge in [-0.25, -0.2) is 0 Å². The summed E-state index contributed by atoms with van der Waals surface area (Å²) in [5.41, 5.74) is 2.63. The first-order valence-electron chi connectivity index (χ1n) is 13.2. The summed E-state index contributed by atoms with van der Waals surface area (Å²) < 4.78 is 0. The Balaban J connectivity index is 1.56. The molecule has 2 amide bonds. The van der Waals surface area contributed by atoms with E-state index in [1.54, 1.807) is 29.2 Å². The van der Waals surface area contributed by atoms with Crippen molar-refractivity contribution in [2.75, 3.05) is 5.75 Å². The lowest BCUT2D eigenvalue weighted by Crippen LogP contribution is -2.52. The third kappa shape index (κ3) is 8.46. The Kier molecular flexibility index (Phi) is 10.9. The smallest absolute Gasteiger partial charge is 0.269 e. The first-order valence-corrected chi connectivity index (χ1v) is 15.1. The van der Waals surface area contributed by atoms with E-state index in [9.17, 15) is 19.7 Å². The van der Waals surface area contributed by atoms with E-state index in [1.807, 2.05) is 36.4 Å². The lowest BCUT2D eigenvalue weighted by atomic mass is 10.0. The number of nitro benzene ring substituents is 1. The van der Waals surface area contributed by atoms with E-state index in [-0.39, 0.29) is 35.8 Å². The molecule has 1 saturated carbocycles. The number of rotatable bonds is 12. The molecule has 7 nitrogen and oxygen atoms in total. The van der Waals surface area contributed by atoms with Crippen LogP contribution in [0.4, 0.5) is 5.69 Å². The molecule has 0 bridgehead atoms. The first kappa shape index (κ1) is 29.9. The quantitative estimate of drug-likeness (QED) is 0.182. The van der Waals surface area contributed by atoms with Gasteiger partial charge < -0.3 is 10.2 Å². The van der Waals surface area contributed by atoms with Crippen LogP contribution < -0.4 is 5.32 Å². The Morgan fingerprint density at radius 3 is 2.27 bits per heavy atom. The fraction of sp³-hybridized carbons (Fsp3) is 0.333. The number of nitrogens with zero attached hydrogens (tertiary/aromatic N) is 2. The average Bonchev–Trinajstić information content (AvgIpc) is 3.46. The van der Waals surface area contributed by atoms with E-state index >= 15 is 0 Å². The second-order valence-electron chi connectivity index (χ2n) is 9.88. The van der Waals surface area contributed by atoms with E-state index in [0.29, 0.717) is 22.2 Å². The van der Waals surface area contributed by atoms with Crippen LogP contribution in [0.25, 0.3) is 0 Å². The van der Waals surface area contributed by atoms with Crippen molar-refractivity contribution in [1.29, 1.82) is 0 Å². The topological polar surface area (TPSA) is 92.6 Å². The number of amides is 2. The van der Waals surface area contributed by atoms with Crippen molar-refractivity contribution in [2.45, 2.75) is 56.5 Å². The molecular formula is C30H31Cl2N3O4S. The molecule has 1 fully saturated rings. The van der Waals surface area contributed by atoms with Crippen molar-refractivity contribution in [3.8, 4) is 0 Å². The van der Waals surface area contributed by atoms with Crippen molar-refractivity contribution >= 4 is 52.5 Å². The van der Waals surface area contributed by atoms with E-state index in [1.165, 1.54) is 23.9 Å². The zero-order valence-electron chi connectivity index (χ0n) is 21.9. The van der Waals surface area contributed by atoms with Crippen molar-refractivity contribution in [3.05, 3.63) is 110 Å². The minimum absolute atomic E-state index is 0.0228. The maximum Gasteiger partial charge on any atom is 0.269 e. The number of non-ortho nitro benzene ring substituents is 1. The summed E-state index contributed by atoms with van der Waals surface area (Å²) >= 11 is 13.8. The minimum atomic E-state index is -0.718. The third-order valence-corrected chi connectivity index (χ3v) is 8.68. The highest BCUT2D eigenvalue weighted by Gasteiger charge is 2.32. The Morgan fingerprint density at radius 1 is 0.950 bits per heavy atom. The number of halogens is 2. The summed E-state index contributed by atoms with van der Waals surface area (Å²) in [7, 11) is 0. The van der Waals surface area contributed by atoms with Crippen LogP contribution in [0, 0.1) is 10.1 Å². The van der Waals surface area contributed by atoms with Gasteiger partial charge >= 0.3 is 0 Å². The molecule has 0 saturated heterocycles. The molecule has 1 aliphatic carbocycles. The summed E-state index contributed by atoms with van der Waals surface area (Å²) in [5, 5.41) is 14.9. The average molecular weight is 601 g/mol. The van der Waals surface area contributed by atoms with Crippen LogP contribution in [0.3, 0.4) is 0 Å². The normalized spacial score (nSPS) is 14.1. The molecule has 3 aromatic rings. The molecule has 0 heterocycles. The van der Waals surface area contributed by atoms with Gasteiger partial charge in [-0.1, -0.05) is 84.6 Å². The fourth-order valence-electron chi connectivity index (χ4n) is 4.81. The molecule has 40 heavy (non-hydrogen) atoms. The number of hydrogen-bond acceptors (Lipinski definition) is 5. The Bertz CT molecular complexity index is 1320. The van der Waals surface area contributed by atoms with E-state index in [2.05, 4.69) is 5.32 Å². The molecule has 0 radical (unpaired) electrons. The number of carbonyl (C=O) groups is 2. The van der Waals surface area contributed by atoms with Crippen molar-refractivity contribution in [2.24, 2.45) is 0 Å². The number of thioether (sulfide) groups is 1. The van der Waals surface area contributed by atoms with Crippen molar-refractivity contribution < 1.29 is 14.5 Å². The summed E-state index contributed by atoms with van der Waals surface area (Å²) in [6.45, 7) is 0.198. The molecular weight excluding hydrogens is 569 g/mol. The highest BCUT2D eigenvalue weighted by Crippen LogP contribution is 2.26. The predicted molar refractivity (Wildman–Crippen MR) is 161 cm³/mol. The molecule has 0 aromatic heterocycles. The van der Waals surface area contributed by atoms with Gasteiger partial charge in [-0.05, 0) is 41.7 Å². The van der Waals surface area contributed by atoms with Gasteiger partial charge in [0.25, 0.3) is 5.69 Å². The van der Waals surface area contributed by atoms with Crippen LogP contribution in [0.5, 0.6) is 0 Å². The monoisotopic (exact) mass is 599 g/mol. The van der Waals surface area contributed by atoms with E-state index < -0.39 is 11.0 Å². The van der Waals surface area contributed by atoms with Crippen molar-refractivity contribution in [3.63, 3.8) is 0 Å². The van der Waals surface area contributed by atoms with Crippen LogP contribution in [0.15, 0.2) is 72.8 Å². The van der Waals surface area contributed by atoms with Crippen molar-refractivity contribution in [1.82, 2.24) is 10.2 Å². The SMILES string of the molecule is O=C(NC1CCCC1)[C@@H](Cc1ccccc1)N(Cc1ccc(Cl)c(Cl)c1)C(=O)CSCc1ccc([N+](=O)[O-])cc1. The standard InChI is InChI=1S/C30H31Cl2N3O4S/c31-26-15-12-23(16-27(26)32)18-34(29(36)20-40-19-22-10-13-25(14-11-22)35(38)39)28(17-21-6-2-1-3-7-21)30(37)33-24-8-4-5-9-24/h1-3,6-7,10-16,24,28H,4-5,8-9,17-20H2,(H,33,37)/t28-/m1/s1. The van der Waals surface area contributed by atoms with Gasteiger partial charge in [-0.3, -0.25) is 19.7 Å². The number of benzene rings is 3. The Morgan fingerprint density at radius 2 is 1.62 bits per heavy atom. The van der Waals surface area contributed by atoms with Crippen LogP contribution in [0.2, 0.25) is 10.0 Å². The predicted octanol–water partition coefficient (Wildman–Crippen LogP) is 6.83. The van der Waals surface area contributed by atoms with E-state index in [4.69, 9.17) is 23.2 Å². The number of nitrogens with one attached hydrogen (secondary N) is 1. The molecule has 1 atom stereocenters. The zero-order chi connectivity index (χ0) is 28.5. The number of carbonyl (C=O) groups excluding carboxylic acids is 2. The van der Waals surface area contributed by atoms with Gasteiger partial charge in [0.2, 0.25) is 11.8 Å². The largest absolute Gasteiger partial charge is 0.352 e. The zero-order valence-corrected chi connectivity index (χ0v) is 24.3. The van der Waals surface area contributed by atoms with Gasteiger partial charge in [0.15, 0.2) is 0 Å². The fourth-order valence-corrected chi connectivity index (χ4v) is 6.00. The second-order valence-corrected chi connectivity index (χ2v) is 11.7.